The summed E-state index contributed by atoms with van der Waals surface area (Å²) in [5, 5.41) is 7.78. The van der Waals surface area contributed by atoms with Gasteiger partial charge in [-0.3, -0.25) is 15.0 Å². The van der Waals surface area contributed by atoms with Crippen LogP contribution < -0.4 is 10.7 Å². The van der Waals surface area contributed by atoms with Crippen molar-refractivity contribution in [2.45, 2.75) is 106 Å². The van der Waals surface area contributed by atoms with Crippen LogP contribution in [0.5, 0.6) is 0 Å². The average Bonchev–Trinajstić information content (AvgIpc) is 2.99. The molecule has 1 atom stereocenters. The molecule has 2 aromatic rings. The van der Waals surface area contributed by atoms with E-state index in [9.17, 15) is 9.59 Å². The summed E-state index contributed by atoms with van der Waals surface area (Å²) in [6.45, 7) is 26.3. The van der Waals surface area contributed by atoms with Crippen molar-refractivity contribution < 1.29 is 14.0 Å². The molecule has 0 saturated heterocycles. The van der Waals surface area contributed by atoms with Crippen LogP contribution in [0, 0.1) is 18.7 Å². The van der Waals surface area contributed by atoms with E-state index in [1.54, 1.807) is 13.0 Å². The summed E-state index contributed by atoms with van der Waals surface area (Å²) in [4.78, 5) is 23.0. The number of benzene rings is 2. The molecule has 0 fully saturated rings. The zero-order valence-corrected chi connectivity index (χ0v) is 29.4. The molecule has 0 heterocycles. The number of allylic oxidation sites excluding steroid dienone is 3. The number of ketones is 2. The monoisotopic (exact) mass is 637 g/mol. The van der Waals surface area contributed by atoms with Crippen LogP contribution in [0.3, 0.4) is 0 Å². The number of Topliss-reactive ketones (excluding diaryl/α,β-unsaturated/α-hetero) is 1. The molecule has 2 rings (SSSR count). The molecule has 45 heavy (non-hydrogen) atoms. The molecular formula is C38H53ClFN3O2. The van der Waals surface area contributed by atoms with E-state index in [0.717, 1.165) is 41.8 Å². The highest BCUT2D eigenvalue weighted by atomic mass is 35.5. The third-order valence-electron chi connectivity index (χ3n) is 7.99. The summed E-state index contributed by atoms with van der Waals surface area (Å²) in [6, 6.07) is 7.44. The zero-order valence-electron chi connectivity index (χ0n) is 28.6. The number of nitrogens with zero attached hydrogens (tertiary/aromatic N) is 1. The van der Waals surface area contributed by atoms with Crippen molar-refractivity contribution in [2.75, 3.05) is 5.43 Å². The lowest BCUT2D eigenvalue weighted by molar-refractivity contribution is -0.123. The number of halogens is 2. The number of anilines is 1. The number of nitrogens with one attached hydrogen (secondary N) is 2. The van der Waals surface area contributed by atoms with Crippen molar-refractivity contribution in [3.05, 3.63) is 82.7 Å². The third-order valence-corrected chi connectivity index (χ3v) is 8.29. The third kappa shape index (κ3) is 10.5. The van der Waals surface area contributed by atoms with Gasteiger partial charge in [-0.15, -0.1) is 0 Å². The largest absolute Gasteiger partial charge is 0.372 e. The second kappa shape index (κ2) is 19.1. The average molecular weight is 638 g/mol. The van der Waals surface area contributed by atoms with Gasteiger partial charge in [-0.1, -0.05) is 90.4 Å². The molecule has 7 heteroatoms. The fourth-order valence-electron chi connectivity index (χ4n) is 5.37. The first-order chi connectivity index (χ1) is 21.3. The molecule has 0 radical (unpaired) electrons. The summed E-state index contributed by atoms with van der Waals surface area (Å²) in [7, 11) is 0. The molecule has 0 saturated carbocycles. The number of hydrogen-bond acceptors (Lipinski definition) is 5. The fraction of sp³-hybridized carbons (Fsp3) is 0.447. The quantitative estimate of drug-likeness (QED) is 0.0783. The highest BCUT2D eigenvalue weighted by molar-refractivity contribution is 6.33. The van der Waals surface area contributed by atoms with E-state index in [1.807, 2.05) is 45.0 Å². The molecule has 0 aliphatic heterocycles. The van der Waals surface area contributed by atoms with Crippen LogP contribution in [0.25, 0.3) is 16.8 Å². The Kier molecular flexibility index (Phi) is 16.8. The Balaban J connectivity index is 0.00000187. The Hall–Kier alpha value is -3.51. The molecule has 0 aromatic heterocycles. The van der Waals surface area contributed by atoms with Crippen LogP contribution >= 0.6 is 11.6 Å². The van der Waals surface area contributed by atoms with Crippen molar-refractivity contribution in [1.82, 2.24) is 5.32 Å². The van der Waals surface area contributed by atoms with Crippen molar-refractivity contribution in [2.24, 2.45) is 11.0 Å². The van der Waals surface area contributed by atoms with Crippen LogP contribution in [0.1, 0.15) is 104 Å². The van der Waals surface area contributed by atoms with E-state index < -0.39 is 5.54 Å². The van der Waals surface area contributed by atoms with Crippen molar-refractivity contribution in [1.29, 1.82) is 0 Å². The minimum absolute atomic E-state index is 0.0185. The minimum Gasteiger partial charge on any atom is -0.372 e. The summed E-state index contributed by atoms with van der Waals surface area (Å²) >= 11 is 6.94. The number of carbonyl (C=O) groups excluding carboxylic acids is 2. The van der Waals surface area contributed by atoms with Crippen molar-refractivity contribution >= 4 is 41.3 Å². The van der Waals surface area contributed by atoms with Gasteiger partial charge in [0.2, 0.25) is 0 Å². The molecule has 1 unspecified atom stereocenters. The molecular weight excluding hydrogens is 585 g/mol. The molecule has 2 aromatic carbocycles. The van der Waals surface area contributed by atoms with E-state index in [-0.39, 0.29) is 17.4 Å². The standard InChI is InChI=1S/C34H47ClFN3O.C4H6O/c1-10-15-27-28(21-29(35)31(32(27)36)26-16-14-17-30(23(26)7)39-37-9)33(25(12-3)13-4)38-34(19-11-2,24(8)40)20-18-22(5)6;1-3-4(2)5/h12,14,16-17,21-22,38-39H,3,9-11,13,15,18-20H2,1-2,4-8H3;3H,1H2,2H3/b33-25-;. The maximum atomic E-state index is 16.7. The predicted octanol–water partition coefficient (Wildman–Crippen LogP) is 10.7. The minimum atomic E-state index is -0.767. The summed E-state index contributed by atoms with van der Waals surface area (Å²) in [5.74, 6) is 0.204. The lowest BCUT2D eigenvalue weighted by Gasteiger charge is -2.36. The van der Waals surface area contributed by atoms with Crippen molar-refractivity contribution in [3.63, 3.8) is 0 Å². The van der Waals surface area contributed by atoms with Gasteiger partial charge in [0.15, 0.2) is 11.6 Å². The summed E-state index contributed by atoms with van der Waals surface area (Å²) < 4.78 is 16.7. The van der Waals surface area contributed by atoms with Gasteiger partial charge < -0.3 is 5.32 Å². The summed E-state index contributed by atoms with van der Waals surface area (Å²) in [6.07, 6.45) is 8.13. The summed E-state index contributed by atoms with van der Waals surface area (Å²) in [5.41, 5.74) is 7.66. The van der Waals surface area contributed by atoms with Gasteiger partial charge in [-0.05, 0) is 99.3 Å². The van der Waals surface area contributed by atoms with E-state index in [0.29, 0.717) is 58.9 Å². The Bertz CT molecular complexity index is 1400. The second-order valence-corrected chi connectivity index (χ2v) is 12.2. The first kappa shape index (κ1) is 39.5. The lowest BCUT2D eigenvalue weighted by Crippen LogP contribution is -2.50. The van der Waals surface area contributed by atoms with Crippen LogP contribution in [0.2, 0.25) is 5.02 Å². The maximum absolute atomic E-state index is 16.7. The van der Waals surface area contributed by atoms with Gasteiger partial charge >= 0.3 is 0 Å². The Morgan fingerprint density at radius 1 is 1.09 bits per heavy atom. The van der Waals surface area contributed by atoms with E-state index in [4.69, 9.17) is 11.6 Å². The Labute approximate surface area is 276 Å². The van der Waals surface area contributed by atoms with E-state index in [2.05, 4.69) is 56.5 Å². The van der Waals surface area contributed by atoms with Gasteiger partial charge in [-0.25, -0.2) is 4.39 Å². The number of hydrazone groups is 1. The Morgan fingerprint density at radius 3 is 2.20 bits per heavy atom. The topological polar surface area (TPSA) is 70.6 Å². The molecule has 0 bridgehead atoms. The number of hydrogen-bond donors (Lipinski definition) is 2. The van der Waals surface area contributed by atoms with Crippen molar-refractivity contribution in [3.8, 4) is 11.1 Å². The van der Waals surface area contributed by atoms with Crippen LogP contribution in [-0.2, 0) is 16.0 Å². The maximum Gasteiger partial charge on any atom is 0.155 e. The normalized spacial score (nSPS) is 12.7. The number of rotatable bonds is 17. The Morgan fingerprint density at radius 2 is 1.73 bits per heavy atom. The number of carbonyl (C=O) groups is 2. The molecule has 5 nitrogen and oxygen atoms in total. The highest BCUT2D eigenvalue weighted by Crippen LogP contribution is 2.41. The smallest absolute Gasteiger partial charge is 0.155 e. The molecule has 0 aliphatic carbocycles. The predicted molar refractivity (Wildman–Crippen MR) is 193 cm³/mol. The van der Waals surface area contributed by atoms with Crippen LogP contribution in [0.15, 0.2) is 60.2 Å². The van der Waals surface area contributed by atoms with Gasteiger partial charge in [0.25, 0.3) is 0 Å². The highest BCUT2D eigenvalue weighted by Gasteiger charge is 2.36. The van der Waals surface area contributed by atoms with Gasteiger partial charge in [0, 0.05) is 23.5 Å². The first-order valence-corrected chi connectivity index (χ1v) is 16.3. The molecule has 0 spiro atoms. The molecule has 0 aliphatic rings. The lowest BCUT2D eigenvalue weighted by atomic mass is 9.81. The van der Waals surface area contributed by atoms with Crippen LogP contribution in [0.4, 0.5) is 10.1 Å². The fourth-order valence-corrected chi connectivity index (χ4v) is 5.67. The first-order valence-electron chi connectivity index (χ1n) is 15.9. The molecule has 246 valence electrons. The van der Waals surface area contributed by atoms with Gasteiger partial charge in [0.05, 0.1) is 16.2 Å². The molecule has 2 N–H and O–H groups in total. The van der Waals surface area contributed by atoms with Gasteiger partial charge in [0.1, 0.15) is 5.82 Å². The molecule has 0 amide bonds. The van der Waals surface area contributed by atoms with E-state index >= 15 is 4.39 Å². The zero-order chi connectivity index (χ0) is 34.3. The second-order valence-electron chi connectivity index (χ2n) is 11.8. The van der Waals surface area contributed by atoms with Crippen LogP contribution in [-0.4, -0.2) is 23.8 Å². The van der Waals surface area contributed by atoms with E-state index in [1.165, 1.54) is 13.0 Å². The SMILES string of the molecule is C=C/C(CC)=C(/NC(CCC)(CCC(C)C)C(C)=O)c1cc(Cl)c(-c2cccc(NN=C)c2C)c(F)c1CCC.C=CC(C)=O. The van der Waals surface area contributed by atoms with Gasteiger partial charge in [-0.2, -0.15) is 5.10 Å².